The van der Waals surface area contributed by atoms with Crippen molar-refractivity contribution in [1.82, 2.24) is 10.5 Å². The summed E-state index contributed by atoms with van der Waals surface area (Å²) in [5.41, 5.74) is 1.30. The third-order valence-electron chi connectivity index (χ3n) is 2.72. The summed E-state index contributed by atoms with van der Waals surface area (Å²) in [6, 6.07) is 8.70. The van der Waals surface area contributed by atoms with Crippen LogP contribution < -0.4 is 10.5 Å². The second-order valence-corrected chi connectivity index (χ2v) is 5.34. The molecule has 0 saturated carbocycles. The maximum atomic E-state index is 11.7. The van der Waals surface area contributed by atoms with Gasteiger partial charge in [0.2, 0.25) is 0 Å². The summed E-state index contributed by atoms with van der Waals surface area (Å²) in [7, 11) is 0. The van der Waals surface area contributed by atoms with Crippen LogP contribution in [0.15, 0.2) is 39.8 Å². The Morgan fingerprint density at radius 1 is 1.45 bits per heavy atom. The number of carbonyl (C=O) groups is 1. The normalized spacial score (nSPS) is 12.2. The lowest BCUT2D eigenvalue weighted by Gasteiger charge is -2.05. The number of rotatable bonds is 5. The first kappa shape index (κ1) is 14.6. The number of amides is 1. The highest BCUT2D eigenvalue weighted by molar-refractivity contribution is 7.89. The Balaban J connectivity index is 1.82. The van der Waals surface area contributed by atoms with Crippen LogP contribution >= 0.6 is 0 Å². The van der Waals surface area contributed by atoms with Gasteiger partial charge < -0.3 is 14.4 Å². The predicted molar refractivity (Wildman–Crippen MR) is 74.3 cm³/mol. The lowest BCUT2D eigenvalue weighted by atomic mass is 10.1. The SMILES string of the molecule is Cc1cc(C(=O)NCCc2ccc([S+](N)[O-])cc2)no1. The summed E-state index contributed by atoms with van der Waals surface area (Å²) in [6.07, 6.45) is 0.667. The molecular formula is C13H15N3O3S. The van der Waals surface area contributed by atoms with Crippen LogP contribution in [0, 0.1) is 6.92 Å². The summed E-state index contributed by atoms with van der Waals surface area (Å²) in [6.45, 7) is 2.21. The molecule has 20 heavy (non-hydrogen) atoms. The molecule has 0 spiro atoms. The molecule has 1 aromatic heterocycles. The van der Waals surface area contributed by atoms with E-state index in [1.807, 2.05) is 12.1 Å². The van der Waals surface area contributed by atoms with Crippen LogP contribution in [0.3, 0.4) is 0 Å². The van der Waals surface area contributed by atoms with E-state index in [9.17, 15) is 9.35 Å². The van der Waals surface area contributed by atoms with Crippen molar-refractivity contribution < 1.29 is 13.9 Å². The Labute approximate surface area is 119 Å². The number of nitrogens with zero attached hydrogens (tertiary/aromatic N) is 1. The predicted octanol–water partition coefficient (Wildman–Crippen LogP) is 0.937. The van der Waals surface area contributed by atoms with Crippen molar-refractivity contribution in [3.05, 3.63) is 47.3 Å². The zero-order valence-electron chi connectivity index (χ0n) is 11.0. The third-order valence-corrected chi connectivity index (χ3v) is 3.45. The topological polar surface area (TPSA) is 104 Å². The highest BCUT2D eigenvalue weighted by Crippen LogP contribution is 2.09. The second kappa shape index (κ2) is 6.56. The Kier molecular flexibility index (Phi) is 4.78. The molecule has 7 heteroatoms. The summed E-state index contributed by atoms with van der Waals surface area (Å²) in [4.78, 5) is 12.3. The molecule has 0 fully saturated rings. The Hall–Kier alpha value is -1.83. The van der Waals surface area contributed by atoms with Gasteiger partial charge in [-0.25, -0.2) is 0 Å². The van der Waals surface area contributed by atoms with Crippen molar-refractivity contribution >= 4 is 17.3 Å². The largest absolute Gasteiger partial charge is 0.593 e. The van der Waals surface area contributed by atoms with Crippen molar-refractivity contribution in [2.75, 3.05) is 6.54 Å². The second-order valence-electron chi connectivity index (χ2n) is 4.27. The van der Waals surface area contributed by atoms with Gasteiger partial charge in [0, 0.05) is 12.6 Å². The highest BCUT2D eigenvalue weighted by atomic mass is 32.2. The summed E-state index contributed by atoms with van der Waals surface area (Å²) in [5, 5.41) is 11.7. The van der Waals surface area contributed by atoms with Gasteiger partial charge in [0.1, 0.15) is 5.76 Å². The maximum absolute atomic E-state index is 11.7. The minimum Gasteiger partial charge on any atom is -0.593 e. The third kappa shape index (κ3) is 3.83. The number of nitrogens with two attached hydrogens (primary N) is 1. The Morgan fingerprint density at radius 3 is 2.70 bits per heavy atom. The van der Waals surface area contributed by atoms with Gasteiger partial charge in [0.05, 0.1) is 11.4 Å². The van der Waals surface area contributed by atoms with E-state index in [0.29, 0.717) is 23.6 Å². The summed E-state index contributed by atoms with van der Waals surface area (Å²) >= 11 is -1.46. The molecule has 3 N–H and O–H groups in total. The standard InChI is InChI=1S/C13H15N3O3S/c1-9-8-12(16-19-9)13(17)15-7-6-10-2-4-11(5-3-10)20(14)18/h2-5,8H,6-7,14H2,1H3,(H,15,17). The van der Waals surface area contributed by atoms with Crippen molar-refractivity contribution in [3.8, 4) is 0 Å². The summed E-state index contributed by atoms with van der Waals surface area (Å²) < 4.78 is 15.9. The van der Waals surface area contributed by atoms with Crippen LogP contribution in [0.5, 0.6) is 0 Å². The molecule has 0 radical (unpaired) electrons. The molecule has 0 bridgehead atoms. The van der Waals surface area contributed by atoms with Gasteiger partial charge >= 0.3 is 0 Å². The zero-order chi connectivity index (χ0) is 14.5. The van der Waals surface area contributed by atoms with E-state index in [1.54, 1.807) is 25.1 Å². The van der Waals surface area contributed by atoms with E-state index in [0.717, 1.165) is 5.56 Å². The van der Waals surface area contributed by atoms with Gasteiger partial charge in [-0.2, -0.15) is 0 Å². The molecule has 2 rings (SSSR count). The van der Waals surface area contributed by atoms with Crippen LogP contribution in [0.25, 0.3) is 0 Å². The van der Waals surface area contributed by atoms with Gasteiger partial charge in [-0.05, 0) is 31.0 Å². The number of benzene rings is 1. The molecule has 1 heterocycles. The number of nitrogens with one attached hydrogen (secondary N) is 1. The Morgan fingerprint density at radius 2 is 2.15 bits per heavy atom. The summed E-state index contributed by atoms with van der Waals surface area (Å²) in [5.74, 6) is 0.335. The van der Waals surface area contributed by atoms with Gasteiger partial charge in [0.15, 0.2) is 10.6 Å². The van der Waals surface area contributed by atoms with Gasteiger partial charge in [-0.15, -0.1) is 5.14 Å². The van der Waals surface area contributed by atoms with E-state index < -0.39 is 11.4 Å². The first-order valence-corrected chi connectivity index (χ1v) is 7.24. The number of aromatic nitrogens is 1. The lowest BCUT2D eigenvalue weighted by molar-refractivity contribution is 0.0945. The van der Waals surface area contributed by atoms with Gasteiger partial charge in [-0.3, -0.25) is 4.79 Å². The van der Waals surface area contributed by atoms with Crippen molar-refractivity contribution in [1.29, 1.82) is 0 Å². The van der Waals surface area contributed by atoms with E-state index in [-0.39, 0.29) is 11.6 Å². The molecule has 1 unspecified atom stereocenters. The highest BCUT2D eigenvalue weighted by Gasteiger charge is 2.10. The molecular weight excluding hydrogens is 278 g/mol. The fourth-order valence-electron chi connectivity index (χ4n) is 1.67. The van der Waals surface area contributed by atoms with Crippen LogP contribution in [0.4, 0.5) is 0 Å². The van der Waals surface area contributed by atoms with Gasteiger partial charge in [0.25, 0.3) is 5.91 Å². The van der Waals surface area contributed by atoms with Crippen molar-refractivity contribution in [2.45, 2.75) is 18.2 Å². The molecule has 0 saturated heterocycles. The zero-order valence-corrected chi connectivity index (χ0v) is 11.8. The van der Waals surface area contributed by atoms with Crippen LogP contribution in [-0.4, -0.2) is 22.2 Å². The van der Waals surface area contributed by atoms with E-state index in [2.05, 4.69) is 10.5 Å². The van der Waals surface area contributed by atoms with E-state index in [1.165, 1.54) is 0 Å². The fraction of sp³-hybridized carbons (Fsp3) is 0.231. The lowest BCUT2D eigenvalue weighted by Crippen LogP contribution is -2.25. The smallest absolute Gasteiger partial charge is 0.273 e. The average Bonchev–Trinajstić information content (AvgIpc) is 2.86. The number of aryl methyl sites for hydroxylation is 1. The molecule has 106 valence electrons. The quantitative estimate of drug-likeness (QED) is 0.798. The Bertz CT molecular complexity index is 581. The first-order chi connectivity index (χ1) is 9.56. The minimum atomic E-state index is -1.46. The maximum Gasteiger partial charge on any atom is 0.273 e. The molecule has 1 atom stereocenters. The van der Waals surface area contributed by atoms with Crippen molar-refractivity contribution in [3.63, 3.8) is 0 Å². The molecule has 1 amide bonds. The van der Waals surface area contributed by atoms with Crippen LogP contribution in [-0.2, 0) is 17.8 Å². The molecule has 0 aliphatic rings. The molecule has 1 aromatic carbocycles. The van der Waals surface area contributed by atoms with E-state index in [4.69, 9.17) is 9.66 Å². The molecule has 0 aliphatic carbocycles. The van der Waals surface area contributed by atoms with Crippen LogP contribution in [0.2, 0.25) is 0 Å². The number of hydrogen-bond acceptors (Lipinski definition) is 5. The first-order valence-electron chi connectivity index (χ1n) is 6.03. The monoisotopic (exact) mass is 293 g/mol. The minimum absolute atomic E-state index is 0.262. The van der Waals surface area contributed by atoms with Crippen LogP contribution in [0.1, 0.15) is 21.8 Å². The fourth-order valence-corrected chi connectivity index (χ4v) is 2.08. The van der Waals surface area contributed by atoms with E-state index >= 15 is 0 Å². The molecule has 6 nitrogen and oxygen atoms in total. The van der Waals surface area contributed by atoms with Gasteiger partial charge in [-0.1, -0.05) is 17.3 Å². The molecule has 0 aliphatic heterocycles. The number of carbonyl (C=O) groups excluding carboxylic acids is 1. The average molecular weight is 293 g/mol. The molecule has 2 aromatic rings. The number of hydrogen-bond donors (Lipinski definition) is 2. The van der Waals surface area contributed by atoms with Crippen molar-refractivity contribution in [2.24, 2.45) is 5.14 Å².